The van der Waals surface area contributed by atoms with Crippen molar-refractivity contribution in [2.75, 3.05) is 16.8 Å². The number of anilines is 2. The van der Waals surface area contributed by atoms with Crippen molar-refractivity contribution in [1.82, 2.24) is 0 Å². The molecule has 2 amide bonds. The molecule has 3 aromatic rings. The lowest BCUT2D eigenvalue weighted by Gasteiger charge is -2.16. The second-order valence-corrected chi connectivity index (χ2v) is 6.48. The molecule has 6 heteroatoms. The molecule has 2 heterocycles. The van der Waals surface area contributed by atoms with Crippen LogP contribution < -0.4 is 10.2 Å². The predicted molar refractivity (Wildman–Crippen MR) is 99.6 cm³/mol. The Morgan fingerprint density at radius 2 is 1.96 bits per heavy atom. The molecule has 1 aliphatic rings. The van der Waals surface area contributed by atoms with Gasteiger partial charge >= 0.3 is 0 Å². The summed E-state index contributed by atoms with van der Waals surface area (Å²) in [7, 11) is 0. The molecule has 136 valence electrons. The number of aryl methyl sites for hydroxylation is 1. The van der Waals surface area contributed by atoms with Gasteiger partial charge in [-0.1, -0.05) is 0 Å². The minimum atomic E-state index is -0.341. The van der Waals surface area contributed by atoms with Gasteiger partial charge in [-0.25, -0.2) is 4.39 Å². The Balaban J connectivity index is 1.53. The van der Waals surface area contributed by atoms with Crippen molar-refractivity contribution < 1.29 is 18.4 Å². The molecule has 0 fully saturated rings. The van der Waals surface area contributed by atoms with Gasteiger partial charge < -0.3 is 14.6 Å². The first kappa shape index (κ1) is 17.0. The smallest absolute Gasteiger partial charge is 0.261 e. The van der Waals surface area contributed by atoms with Crippen LogP contribution in [0.2, 0.25) is 0 Å². The van der Waals surface area contributed by atoms with Crippen LogP contribution in [0.15, 0.2) is 59.4 Å². The van der Waals surface area contributed by atoms with Crippen LogP contribution >= 0.6 is 0 Å². The number of carbonyl (C=O) groups excluding carboxylic acids is 2. The summed E-state index contributed by atoms with van der Waals surface area (Å²) in [5, 5.41) is 2.83. The summed E-state index contributed by atoms with van der Waals surface area (Å²) >= 11 is 0. The molecule has 5 nitrogen and oxygen atoms in total. The van der Waals surface area contributed by atoms with E-state index in [-0.39, 0.29) is 17.6 Å². The molecule has 0 unspecified atom stereocenters. The van der Waals surface area contributed by atoms with E-state index in [0.717, 1.165) is 11.3 Å². The van der Waals surface area contributed by atoms with Crippen molar-refractivity contribution in [3.05, 3.63) is 83.1 Å². The average molecular weight is 364 g/mol. The Hall–Kier alpha value is -3.41. The second-order valence-electron chi connectivity index (χ2n) is 6.48. The van der Waals surface area contributed by atoms with Gasteiger partial charge in [0.15, 0.2) is 0 Å². The van der Waals surface area contributed by atoms with Gasteiger partial charge in [0, 0.05) is 23.5 Å². The largest absolute Gasteiger partial charge is 0.472 e. The zero-order chi connectivity index (χ0) is 19.0. The van der Waals surface area contributed by atoms with E-state index in [2.05, 4.69) is 5.32 Å². The lowest BCUT2D eigenvalue weighted by molar-refractivity contribution is 0.0987. The van der Waals surface area contributed by atoms with Crippen molar-refractivity contribution in [2.45, 2.75) is 13.3 Å². The quantitative estimate of drug-likeness (QED) is 0.758. The second kappa shape index (κ2) is 6.72. The average Bonchev–Trinajstić information content (AvgIpc) is 3.33. The van der Waals surface area contributed by atoms with Crippen LogP contribution in [-0.4, -0.2) is 18.4 Å². The van der Waals surface area contributed by atoms with E-state index in [9.17, 15) is 14.0 Å². The number of amides is 2. The molecular formula is C21H17FN2O3. The first-order chi connectivity index (χ1) is 13.0. The van der Waals surface area contributed by atoms with E-state index < -0.39 is 0 Å². The van der Waals surface area contributed by atoms with Crippen LogP contribution in [0.5, 0.6) is 0 Å². The maximum Gasteiger partial charge on any atom is 0.261 e. The zero-order valence-corrected chi connectivity index (χ0v) is 14.7. The number of carbonyl (C=O) groups is 2. The highest BCUT2D eigenvalue weighted by molar-refractivity contribution is 6.08. The molecule has 0 bridgehead atoms. The summed E-state index contributed by atoms with van der Waals surface area (Å²) in [6.45, 7) is 2.20. The summed E-state index contributed by atoms with van der Waals surface area (Å²) in [5.41, 5.74) is 3.78. The molecule has 0 saturated heterocycles. The topological polar surface area (TPSA) is 62.6 Å². The number of hydrogen-bond donors (Lipinski definition) is 1. The first-order valence-corrected chi connectivity index (χ1v) is 8.57. The molecule has 2 aromatic carbocycles. The molecule has 1 aliphatic heterocycles. The van der Waals surface area contributed by atoms with Crippen molar-refractivity contribution in [1.29, 1.82) is 0 Å². The molecule has 27 heavy (non-hydrogen) atoms. The highest BCUT2D eigenvalue weighted by Gasteiger charge is 2.26. The molecular weight excluding hydrogens is 347 g/mol. The van der Waals surface area contributed by atoms with Gasteiger partial charge in [0.1, 0.15) is 12.1 Å². The number of nitrogens with zero attached hydrogens (tertiary/aromatic N) is 1. The minimum absolute atomic E-state index is 0.110. The van der Waals surface area contributed by atoms with E-state index in [0.29, 0.717) is 35.3 Å². The Labute approximate surface area is 155 Å². The fourth-order valence-corrected chi connectivity index (χ4v) is 3.22. The van der Waals surface area contributed by atoms with E-state index in [4.69, 9.17) is 4.42 Å². The fraction of sp³-hybridized carbons (Fsp3) is 0.143. The lowest BCUT2D eigenvalue weighted by Crippen LogP contribution is -2.28. The number of hydrogen-bond acceptors (Lipinski definition) is 3. The monoisotopic (exact) mass is 364 g/mol. The summed E-state index contributed by atoms with van der Waals surface area (Å²) in [5.74, 6) is -0.755. The number of rotatable bonds is 3. The third-order valence-corrected chi connectivity index (χ3v) is 4.67. The third-order valence-electron chi connectivity index (χ3n) is 4.67. The van der Waals surface area contributed by atoms with Gasteiger partial charge in [-0.2, -0.15) is 0 Å². The number of nitrogens with one attached hydrogen (secondary N) is 1. The normalized spacial score (nSPS) is 12.7. The van der Waals surface area contributed by atoms with E-state index in [1.54, 1.807) is 24.0 Å². The van der Waals surface area contributed by atoms with E-state index >= 15 is 0 Å². The maximum atomic E-state index is 13.4. The first-order valence-electron chi connectivity index (χ1n) is 8.57. The minimum Gasteiger partial charge on any atom is -0.472 e. The number of halogens is 1. The van der Waals surface area contributed by atoms with Gasteiger partial charge in [-0.05, 0) is 66.9 Å². The van der Waals surface area contributed by atoms with Crippen molar-refractivity contribution in [2.24, 2.45) is 0 Å². The van der Waals surface area contributed by atoms with Crippen LogP contribution in [0.3, 0.4) is 0 Å². The number of furan rings is 1. The molecule has 0 radical (unpaired) electrons. The van der Waals surface area contributed by atoms with E-state index in [1.807, 2.05) is 12.1 Å². The highest BCUT2D eigenvalue weighted by atomic mass is 19.1. The standard InChI is InChI=1S/C21H17FN2O3/c1-13-10-15(2-4-18(13)22)20(25)23-17-3-5-19-14(11-17)6-8-24(19)21(26)16-7-9-27-12-16/h2-5,7,9-12H,6,8H2,1H3,(H,23,25). The Bertz CT molecular complexity index is 1030. The summed E-state index contributed by atoms with van der Waals surface area (Å²) in [4.78, 5) is 26.6. The van der Waals surface area contributed by atoms with Crippen LogP contribution in [0.4, 0.5) is 15.8 Å². The van der Waals surface area contributed by atoms with Crippen LogP contribution in [0.1, 0.15) is 31.8 Å². The van der Waals surface area contributed by atoms with Gasteiger partial charge in [-0.15, -0.1) is 0 Å². The molecule has 1 aromatic heterocycles. The molecule has 0 spiro atoms. The Morgan fingerprint density at radius 1 is 1.11 bits per heavy atom. The zero-order valence-electron chi connectivity index (χ0n) is 14.7. The molecule has 1 N–H and O–H groups in total. The lowest BCUT2D eigenvalue weighted by atomic mass is 10.1. The highest BCUT2D eigenvalue weighted by Crippen LogP contribution is 2.32. The third kappa shape index (κ3) is 3.21. The Morgan fingerprint density at radius 3 is 2.70 bits per heavy atom. The van der Waals surface area contributed by atoms with Gasteiger partial charge in [0.25, 0.3) is 11.8 Å². The maximum absolute atomic E-state index is 13.4. The SMILES string of the molecule is Cc1cc(C(=O)Nc2ccc3c(c2)CCN3C(=O)c2ccoc2)ccc1F. The molecule has 4 rings (SSSR count). The predicted octanol–water partition coefficient (Wildman–Crippen LogP) is 4.18. The van der Waals surface area contributed by atoms with Gasteiger partial charge in [0.05, 0.1) is 11.8 Å². The van der Waals surface area contributed by atoms with Crippen molar-refractivity contribution in [3.8, 4) is 0 Å². The van der Waals surface area contributed by atoms with Crippen LogP contribution in [0, 0.1) is 12.7 Å². The fourth-order valence-electron chi connectivity index (χ4n) is 3.22. The molecule has 0 saturated carbocycles. The summed E-state index contributed by atoms with van der Waals surface area (Å²) in [6, 6.07) is 11.3. The number of benzene rings is 2. The Kier molecular flexibility index (Phi) is 4.24. The van der Waals surface area contributed by atoms with Crippen molar-refractivity contribution in [3.63, 3.8) is 0 Å². The number of fused-ring (bicyclic) bond motifs is 1. The summed E-state index contributed by atoms with van der Waals surface area (Å²) < 4.78 is 18.4. The van der Waals surface area contributed by atoms with Crippen LogP contribution in [-0.2, 0) is 6.42 Å². The van der Waals surface area contributed by atoms with E-state index in [1.165, 1.54) is 30.7 Å². The van der Waals surface area contributed by atoms with Gasteiger partial charge in [-0.3, -0.25) is 9.59 Å². The molecule has 0 aliphatic carbocycles. The van der Waals surface area contributed by atoms with Crippen molar-refractivity contribution >= 4 is 23.2 Å². The van der Waals surface area contributed by atoms with Gasteiger partial charge in [0.2, 0.25) is 0 Å². The van der Waals surface area contributed by atoms with Crippen LogP contribution in [0.25, 0.3) is 0 Å². The molecule has 0 atom stereocenters. The summed E-state index contributed by atoms with van der Waals surface area (Å²) in [6.07, 6.45) is 3.61.